The maximum Gasteiger partial charge on any atom is 0.164 e. The second kappa shape index (κ2) is 11.2. The lowest BCUT2D eigenvalue weighted by atomic mass is 9.91. The molecular formula is C47H27N3O2. The molecule has 8 aromatic carbocycles. The summed E-state index contributed by atoms with van der Waals surface area (Å²) in [6.45, 7) is 0. The summed E-state index contributed by atoms with van der Waals surface area (Å²) in [7, 11) is 0. The highest BCUT2D eigenvalue weighted by molar-refractivity contribution is 6.24. The molecule has 3 aromatic heterocycles. The van der Waals surface area contributed by atoms with Gasteiger partial charge in [0, 0.05) is 38.2 Å². The van der Waals surface area contributed by atoms with Crippen molar-refractivity contribution in [3.05, 3.63) is 163 Å². The zero-order valence-electron chi connectivity index (χ0n) is 52.7. The van der Waals surface area contributed by atoms with E-state index in [0.29, 0.717) is 0 Å². The molecule has 0 aliphatic carbocycles. The summed E-state index contributed by atoms with van der Waals surface area (Å²) >= 11 is 0. The minimum absolute atomic E-state index is 0.425. The van der Waals surface area contributed by atoms with Gasteiger partial charge in [0.1, 0.15) is 22.3 Å². The molecule has 0 atom stereocenters. The second-order valence-corrected chi connectivity index (χ2v) is 11.1. The zero-order chi connectivity index (χ0) is 57.7. The highest BCUT2D eigenvalue weighted by Gasteiger charge is 2.21. The largest absolute Gasteiger partial charge is 0.456 e. The molecule has 5 heteroatoms. The van der Waals surface area contributed by atoms with E-state index in [-0.39, 0.29) is 0 Å². The first kappa shape index (κ1) is 12.9. The van der Waals surface area contributed by atoms with Gasteiger partial charge >= 0.3 is 0 Å². The summed E-state index contributed by atoms with van der Waals surface area (Å²) in [5.41, 5.74) is -5.94. The molecule has 0 radical (unpaired) electrons. The summed E-state index contributed by atoms with van der Waals surface area (Å²) in [6, 6.07) is -23.6. The van der Waals surface area contributed by atoms with E-state index in [4.69, 9.17) is 37.6 Å². The lowest BCUT2D eigenvalue weighted by molar-refractivity contribution is 0.668. The topological polar surface area (TPSA) is 65.0 Å². The molecule has 52 heavy (non-hydrogen) atoms. The third kappa shape index (κ3) is 4.33. The second-order valence-electron chi connectivity index (χ2n) is 11.1. The molecule has 0 bridgehead atoms. The summed E-state index contributed by atoms with van der Waals surface area (Å²) in [4.78, 5) is 13.4. The molecular weight excluding hydrogens is 639 g/mol. The van der Waals surface area contributed by atoms with Gasteiger partial charge in [0.15, 0.2) is 17.5 Å². The molecule has 0 saturated heterocycles. The van der Waals surface area contributed by atoms with Crippen LogP contribution in [0, 0.1) is 0 Å². The lowest BCUT2D eigenvalue weighted by Gasteiger charge is -2.14. The number of rotatable bonds is 4. The minimum Gasteiger partial charge on any atom is -0.456 e. The predicted octanol–water partition coefficient (Wildman–Crippen LogP) is 12.6. The van der Waals surface area contributed by atoms with Gasteiger partial charge in [-0.3, -0.25) is 0 Å². The first-order valence-electron chi connectivity index (χ1n) is 28.7. The van der Waals surface area contributed by atoms with Crippen LogP contribution in [0.15, 0.2) is 172 Å². The van der Waals surface area contributed by atoms with Crippen LogP contribution in [0.5, 0.6) is 0 Å². The van der Waals surface area contributed by atoms with Crippen molar-refractivity contribution in [2.75, 3.05) is 0 Å². The van der Waals surface area contributed by atoms with E-state index in [9.17, 15) is 8.22 Å². The van der Waals surface area contributed by atoms with Gasteiger partial charge in [-0.1, -0.05) is 133 Å². The Bertz CT molecular complexity index is 4740. The van der Waals surface area contributed by atoms with Gasteiger partial charge in [-0.15, -0.1) is 0 Å². The van der Waals surface area contributed by atoms with Crippen LogP contribution < -0.4 is 0 Å². The molecule has 0 fully saturated rings. The van der Waals surface area contributed by atoms with Crippen molar-refractivity contribution in [1.29, 1.82) is 0 Å². The van der Waals surface area contributed by atoms with Crippen molar-refractivity contribution >= 4 is 65.4 Å². The monoisotopic (exact) mass is 692 g/mol. The summed E-state index contributed by atoms with van der Waals surface area (Å²) < 4.78 is 252. The molecule has 11 aromatic rings. The van der Waals surface area contributed by atoms with E-state index in [1.807, 2.05) is 0 Å². The number of benzene rings is 8. The Kier molecular flexibility index (Phi) is 2.78. The lowest BCUT2D eigenvalue weighted by Crippen LogP contribution is -2.01. The van der Waals surface area contributed by atoms with Gasteiger partial charge in [0.2, 0.25) is 0 Å². The average Bonchev–Trinajstić information content (AvgIpc) is 3.39. The Labute approximate surface area is 335 Å². The van der Waals surface area contributed by atoms with Crippen molar-refractivity contribution in [1.82, 2.24) is 15.0 Å². The Morgan fingerprint density at radius 2 is 0.885 bits per heavy atom. The van der Waals surface area contributed by atoms with Gasteiger partial charge in [-0.2, -0.15) is 0 Å². The highest BCUT2D eigenvalue weighted by Crippen LogP contribution is 2.44. The van der Waals surface area contributed by atoms with Crippen LogP contribution >= 0.6 is 0 Å². The molecule has 3 heterocycles. The van der Waals surface area contributed by atoms with E-state index in [2.05, 4.69) is 15.0 Å². The summed E-state index contributed by atoms with van der Waals surface area (Å²) in [5, 5.41) is -4.26. The fourth-order valence-electron chi connectivity index (χ4n) is 6.09. The molecule has 0 aliphatic rings. The normalized spacial score (nSPS) is 19.1. The smallest absolute Gasteiger partial charge is 0.164 e. The fraction of sp³-hybridized carbons (Fsp3) is 0. The van der Waals surface area contributed by atoms with Gasteiger partial charge < -0.3 is 8.83 Å². The number of hydrogen-bond donors (Lipinski definition) is 0. The number of hydrogen-bond acceptors (Lipinski definition) is 5. The molecule has 0 aliphatic heterocycles. The molecule has 0 spiro atoms. The van der Waals surface area contributed by atoms with E-state index in [1.165, 1.54) is 0 Å². The number of fused-ring (bicyclic) bond motifs is 9. The van der Waals surface area contributed by atoms with Crippen molar-refractivity contribution in [3.8, 4) is 45.3 Å². The Hall–Kier alpha value is -7.11. The van der Waals surface area contributed by atoms with Crippen LogP contribution in [0.4, 0.5) is 0 Å². The SMILES string of the molecule is [2H]c1c([2H])c([2H])c(-c2nc(-c3c([2H])c([2H])c(-c4c([2H])c([2H])c([2H])c5oc6c([2H])c([2H])c7c([2H])c([2H])c([2H])c([2H])c7c6c45)c4c([2H])c([2H])c([2H])c([2H])c34)nc(-c3c([2H])c([2H])c([2H])c4oc5c([2H])c([2H])c([2H])c([2H])c5c34)n2)c([2H])c1[2H]. The van der Waals surface area contributed by atoms with Gasteiger partial charge in [0.05, 0.1) is 37.0 Å². The molecule has 242 valence electrons. The van der Waals surface area contributed by atoms with Gasteiger partial charge in [-0.25, -0.2) is 15.0 Å². The highest BCUT2D eigenvalue weighted by atomic mass is 16.3. The van der Waals surface area contributed by atoms with E-state index in [0.717, 1.165) is 0 Å². The predicted molar refractivity (Wildman–Crippen MR) is 211 cm³/mol. The van der Waals surface area contributed by atoms with Gasteiger partial charge in [0.25, 0.3) is 0 Å². The summed E-state index contributed by atoms with van der Waals surface area (Å²) in [6.07, 6.45) is 0. The van der Waals surface area contributed by atoms with Crippen molar-refractivity contribution < 1.29 is 45.8 Å². The quantitative estimate of drug-likeness (QED) is 0.184. The number of nitrogens with zero attached hydrogens (tertiary/aromatic N) is 3. The zero-order valence-corrected chi connectivity index (χ0v) is 25.7. The Morgan fingerprint density at radius 1 is 0.327 bits per heavy atom. The fourth-order valence-corrected chi connectivity index (χ4v) is 6.09. The van der Waals surface area contributed by atoms with E-state index >= 15 is 0 Å². The molecule has 0 amide bonds. The van der Waals surface area contributed by atoms with Crippen LogP contribution in [-0.2, 0) is 0 Å². The van der Waals surface area contributed by atoms with Crippen molar-refractivity contribution in [3.63, 3.8) is 0 Å². The Morgan fingerprint density at radius 3 is 1.71 bits per heavy atom. The van der Waals surface area contributed by atoms with E-state index < -0.39 is 274 Å². The van der Waals surface area contributed by atoms with Gasteiger partial charge in [-0.05, 0) is 62.9 Å². The first-order chi connectivity index (χ1) is 37.0. The third-order valence-corrected chi connectivity index (χ3v) is 8.26. The molecule has 5 nitrogen and oxygen atoms in total. The molecule has 0 N–H and O–H groups in total. The van der Waals surface area contributed by atoms with Crippen LogP contribution in [0.25, 0.3) is 111 Å². The Balaban J connectivity index is 1.37. The number of furan rings is 2. The average molecular weight is 693 g/mol. The van der Waals surface area contributed by atoms with Crippen LogP contribution in [-0.4, -0.2) is 15.0 Å². The van der Waals surface area contributed by atoms with Crippen molar-refractivity contribution in [2.24, 2.45) is 0 Å². The maximum absolute atomic E-state index is 9.85. The minimum atomic E-state index is -1.07. The molecule has 0 saturated carbocycles. The van der Waals surface area contributed by atoms with Crippen molar-refractivity contribution in [2.45, 2.75) is 0 Å². The first-order valence-corrected chi connectivity index (χ1v) is 15.2. The van der Waals surface area contributed by atoms with Crippen LogP contribution in [0.1, 0.15) is 37.0 Å². The third-order valence-electron chi connectivity index (χ3n) is 8.26. The molecule has 11 rings (SSSR count). The van der Waals surface area contributed by atoms with E-state index in [1.54, 1.807) is 0 Å². The summed E-state index contributed by atoms with van der Waals surface area (Å²) in [5.74, 6) is -2.58. The standard InChI is InChI=1S/C47H27N3O2/c1-2-13-29(14-3-1)45-48-46(50-47(49-45)37-20-11-22-39-42(37)36-18-8-9-21-38(36)51-39)35-26-25-33(31-16-6-7-17-32(31)35)34-19-10-23-40-44(34)43-30-15-5-4-12-28(30)24-27-41(43)52-40/h1-27H/i1D,2D,3D,4D,5D,6D,7D,8D,9D,10D,11D,12D,13D,14D,15D,16D,17D,18D,19D,20D,21D,22D,23D,24D,25D,26D,27D. The number of para-hydroxylation sites is 1. The molecule has 0 unspecified atom stereocenters. The van der Waals surface area contributed by atoms with Crippen LogP contribution in [0.2, 0.25) is 0 Å². The van der Waals surface area contributed by atoms with Crippen LogP contribution in [0.3, 0.4) is 0 Å². The maximum atomic E-state index is 9.85. The number of aromatic nitrogens is 3.